The molecule has 0 N–H and O–H groups in total. The highest BCUT2D eigenvalue weighted by atomic mass is 35.5. The van der Waals surface area contributed by atoms with Gasteiger partial charge in [-0.1, -0.05) is 55.8 Å². The number of likely N-dealkylation sites (tertiary alicyclic amines) is 1. The number of hydrogen-bond acceptors (Lipinski definition) is 2. The van der Waals surface area contributed by atoms with Gasteiger partial charge in [-0.25, -0.2) is 4.39 Å². The number of nitrogens with zero attached hydrogens (tertiary/aromatic N) is 2. The monoisotopic (exact) mass is 468 g/mol. The van der Waals surface area contributed by atoms with Gasteiger partial charge < -0.3 is 14.2 Å². The Balaban J connectivity index is 1.40. The van der Waals surface area contributed by atoms with E-state index in [4.69, 9.17) is 16.3 Å². The number of alkyl halides is 1. The first-order valence-corrected chi connectivity index (χ1v) is 12.1. The number of amides is 1. The summed E-state index contributed by atoms with van der Waals surface area (Å²) in [5, 5.41) is 1.39. The van der Waals surface area contributed by atoms with E-state index in [1.165, 1.54) is 11.1 Å². The lowest BCUT2D eigenvalue weighted by Gasteiger charge is -2.40. The lowest BCUT2D eigenvalue weighted by molar-refractivity contribution is -0.136. The van der Waals surface area contributed by atoms with Crippen molar-refractivity contribution in [3.05, 3.63) is 70.4 Å². The average Bonchev–Trinajstić information content (AvgIpc) is 3.15. The van der Waals surface area contributed by atoms with Crippen molar-refractivity contribution in [3.63, 3.8) is 0 Å². The highest BCUT2D eigenvalue weighted by Crippen LogP contribution is 2.38. The van der Waals surface area contributed by atoms with E-state index >= 15 is 0 Å². The van der Waals surface area contributed by atoms with Gasteiger partial charge in [0, 0.05) is 29.7 Å². The topological polar surface area (TPSA) is 34.5 Å². The number of ether oxygens (including phenoxy) is 1. The van der Waals surface area contributed by atoms with Gasteiger partial charge >= 0.3 is 0 Å². The molecule has 0 radical (unpaired) electrons. The van der Waals surface area contributed by atoms with Crippen LogP contribution in [0.3, 0.4) is 0 Å². The van der Waals surface area contributed by atoms with Crippen LogP contribution in [0.15, 0.2) is 48.7 Å². The molecule has 2 fully saturated rings. The number of carbonyl (C=O) groups excluding carboxylic acids is 1. The number of benzene rings is 2. The van der Waals surface area contributed by atoms with Crippen LogP contribution in [0.1, 0.15) is 48.2 Å². The summed E-state index contributed by atoms with van der Waals surface area (Å²) >= 11 is 6.23. The van der Waals surface area contributed by atoms with Gasteiger partial charge in [0.05, 0.1) is 30.8 Å². The Morgan fingerprint density at radius 1 is 1.15 bits per heavy atom. The van der Waals surface area contributed by atoms with Crippen LogP contribution in [0.2, 0.25) is 5.02 Å². The van der Waals surface area contributed by atoms with Crippen molar-refractivity contribution >= 4 is 28.4 Å². The number of aryl methyl sites for hydroxylation is 1. The highest BCUT2D eigenvalue weighted by Gasteiger charge is 2.40. The Kier molecular flexibility index (Phi) is 5.74. The summed E-state index contributed by atoms with van der Waals surface area (Å²) in [6.45, 7) is 6.24. The van der Waals surface area contributed by atoms with Crippen LogP contribution in [-0.2, 0) is 23.1 Å². The molecular weight excluding hydrogens is 439 g/mol. The molecule has 4 nitrogen and oxygen atoms in total. The van der Waals surface area contributed by atoms with Gasteiger partial charge in [0.15, 0.2) is 5.67 Å². The molecule has 2 aliphatic heterocycles. The van der Waals surface area contributed by atoms with E-state index < -0.39 is 5.67 Å². The van der Waals surface area contributed by atoms with E-state index in [1.807, 2.05) is 21.6 Å². The van der Waals surface area contributed by atoms with E-state index in [9.17, 15) is 9.18 Å². The fourth-order valence-corrected chi connectivity index (χ4v) is 5.51. The third kappa shape index (κ3) is 4.06. The normalized spacial score (nSPS) is 19.5. The van der Waals surface area contributed by atoms with Crippen LogP contribution >= 0.6 is 11.6 Å². The van der Waals surface area contributed by atoms with E-state index in [1.54, 1.807) is 12.3 Å². The van der Waals surface area contributed by atoms with E-state index in [2.05, 4.69) is 38.1 Å². The second kappa shape index (κ2) is 8.44. The minimum Gasteiger partial charge on any atom is -0.374 e. The van der Waals surface area contributed by atoms with Gasteiger partial charge in [-0.2, -0.15) is 0 Å². The van der Waals surface area contributed by atoms with Crippen LogP contribution in [0, 0.1) is 0 Å². The third-order valence-corrected chi connectivity index (χ3v) is 7.69. The Bertz CT molecular complexity index is 1190. The van der Waals surface area contributed by atoms with Crippen molar-refractivity contribution < 1.29 is 13.9 Å². The van der Waals surface area contributed by atoms with Crippen molar-refractivity contribution in [2.24, 2.45) is 0 Å². The predicted octanol–water partition coefficient (Wildman–Crippen LogP) is 5.79. The number of aromatic nitrogens is 1. The fourth-order valence-electron chi connectivity index (χ4n) is 5.35. The molecule has 3 heterocycles. The van der Waals surface area contributed by atoms with Crippen LogP contribution in [0.5, 0.6) is 0 Å². The van der Waals surface area contributed by atoms with E-state index in [0.29, 0.717) is 23.7 Å². The molecule has 33 heavy (non-hydrogen) atoms. The number of piperidine rings is 1. The SMILES string of the molecule is CCc1ccccc1C1(C)CCN(C(=O)c2cn(CC3(F)COC3)c3cc(Cl)ccc23)CC1. The summed E-state index contributed by atoms with van der Waals surface area (Å²) in [5.41, 5.74) is 2.86. The van der Waals surface area contributed by atoms with Crippen LogP contribution in [0.4, 0.5) is 4.39 Å². The standard InChI is InChI=1S/C27H30ClFN2O2/c1-3-19-6-4-5-7-23(19)26(2)10-12-30(13-11-26)25(32)22-15-31(16-27(29)17-33-18-27)24-14-20(28)8-9-21(22)24/h4-9,14-15H,3,10-13,16-18H2,1-2H3. The molecule has 1 aromatic heterocycles. The number of rotatable bonds is 5. The summed E-state index contributed by atoms with van der Waals surface area (Å²) in [4.78, 5) is 15.5. The average molecular weight is 469 g/mol. The van der Waals surface area contributed by atoms with Gasteiger partial charge in [-0.05, 0) is 47.9 Å². The van der Waals surface area contributed by atoms with Gasteiger partial charge in [-0.3, -0.25) is 4.79 Å². The Labute approximate surface area is 199 Å². The maximum atomic E-state index is 14.8. The summed E-state index contributed by atoms with van der Waals surface area (Å²) < 4.78 is 21.7. The molecule has 0 unspecified atom stereocenters. The molecule has 0 saturated carbocycles. The van der Waals surface area contributed by atoms with E-state index in [0.717, 1.165) is 30.2 Å². The molecule has 6 heteroatoms. The summed E-state index contributed by atoms with van der Waals surface area (Å²) in [5.74, 6) is 0.00432. The fraction of sp³-hybridized carbons (Fsp3) is 0.444. The highest BCUT2D eigenvalue weighted by molar-refractivity contribution is 6.31. The minimum absolute atomic E-state index is 0.00432. The van der Waals surface area contributed by atoms with Crippen LogP contribution in [0.25, 0.3) is 10.9 Å². The maximum absolute atomic E-state index is 14.8. The first kappa shape index (κ1) is 22.4. The summed E-state index contributed by atoms with van der Waals surface area (Å²) in [6.07, 6.45) is 4.65. The van der Waals surface area contributed by atoms with Crippen LogP contribution in [-0.4, -0.2) is 47.3 Å². The van der Waals surface area contributed by atoms with E-state index in [-0.39, 0.29) is 31.1 Å². The molecular formula is C27H30ClFN2O2. The van der Waals surface area contributed by atoms with Crippen molar-refractivity contribution in [3.8, 4) is 0 Å². The second-order valence-electron chi connectivity index (χ2n) is 9.84. The molecule has 0 atom stereocenters. The quantitative estimate of drug-likeness (QED) is 0.475. The molecule has 0 aliphatic carbocycles. The Hall–Kier alpha value is -2.37. The third-order valence-electron chi connectivity index (χ3n) is 7.45. The summed E-state index contributed by atoms with van der Waals surface area (Å²) in [6, 6.07) is 14.1. The van der Waals surface area contributed by atoms with Crippen molar-refractivity contribution in [2.75, 3.05) is 26.3 Å². The lowest BCUT2D eigenvalue weighted by Crippen LogP contribution is -2.48. The zero-order valence-electron chi connectivity index (χ0n) is 19.2. The first-order chi connectivity index (χ1) is 15.8. The smallest absolute Gasteiger partial charge is 0.256 e. The predicted molar refractivity (Wildman–Crippen MR) is 130 cm³/mol. The van der Waals surface area contributed by atoms with Crippen molar-refractivity contribution in [2.45, 2.75) is 50.7 Å². The number of halogens is 2. The maximum Gasteiger partial charge on any atom is 0.256 e. The van der Waals surface area contributed by atoms with Crippen molar-refractivity contribution in [1.82, 2.24) is 9.47 Å². The second-order valence-corrected chi connectivity index (χ2v) is 10.3. The molecule has 1 amide bonds. The largest absolute Gasteiger partial charge is 0.374 e. The zero-order valence-corrected chi connectivity index (χ0v) is 20.0. The molecule has 2 saturated heterocycles. The molecule has 174 valence electrons. The van der Waals surface area contributed by atoms with Gasteiger partial charge in [0.25, 0.3) is 5.91 Å². The lowest BCUT2D eigenvalue weighted by atomic mass is 9.72. The molecule has 0 bridgehead atoms. The molecule has 0 spiro atoms. The Morgan fingerprint density at radius 3 is 2.55 bits per heavy atom. The first-order valence-electron chi connectivity index (χ1n) is 11.7. The number of carbonyl (C=O) groups is 1. The van der Waals surface area contributed by atoms with Gasteiger partial charge in [0.1, 0.15) is 0 Å². The van der Waals surface area contributed by atoms with Crippen LogP contribution < -0.4 is 0 Å². The molecule has 5 rings (SSSR count). The summed E-state index contributed by atoms with van der Waals surface area (Å²) in [7, 11) is 0. The number of fused-ring (bicyclic) bond motifs is 1. The zero-order chi connectivity index (χ0) is 23.2. The molecule has 2 aliphatic rings. The number of hydrogen-bond donors (Lipinski definition) is 0. The molecule has 3 aromatic rings. The molecule has 2 aromatic carbocycles. The van der Waals surface area contributed by atoms with Crippen molar-refractivity contribution in [1.29, 1.82) is 0 Å². The van der Waals surface area contributed by atoms with Gasteiger partial charge in [0.2, 0.25) is 0 Å². The Morgan fingerprint density at radius 2 is 1.88 bits per heavy atom. The van der Waals surface area contributed by atoms with Gasteiger partial charge in [-0.15, -0.1) is 0 Å². The minimum atomic E-state index is -1.39.